The molecule has 5 rings (SSSR count). The first-order chi connectivity index (χ1) is 23.3. The smallest absolute Gasteiger partial charge is 0.336 e. The van der Waals surface area contributed by atoms with Gasteiger partial charge in [-0.1, -0.05) is 0 Å². The van der Waals surface area contributed by atoms with Crippen molar-refractivity contribution in [2.45, 2.75) is 106 Å². The van der Waals surface area contributed by atoms with Gasteiger partial charge in [-0.15, -0.1) is 0 Å². The lowest BCUT2D eigenvalue weighted by molar-refractivity contribution is -0.373. The second-order valence-electron chi connectivity index (χ2n) is 12.1. The van der Waals surface area contributed by atoms with Crippen molar-refractivity contribution < 1.29 is 83.6 Å². The van der Waals surface area contributed by atoms with Crippen molar-refractivity contribution >= 4 is 16.9 Å². The summed E-state index contributed by atoms with van der Waals surface area (Å²) in [6, 6.07) is 4.55. The van der Waals surface area contributed by atoms with E-state index in [1.807, 2.05) is 0 Å². The normalized spacial score (nSPS) is 39.9. The summed E-state index contributed by atoms with van der Waals surface area (Å²) in [6.07, 6.45) is -23.3. The number of ether oxygens (including phenoxy) is 6. The maximum Gasteiger partial charge on any atom is 0.336 e. The molecule has 0 bridgehead atoms. The van der Waals surface area contributed by atoms with Gasteiger partial charge in [0.15, 0.2) is 12.6 Å². The number of hydrogen-bond acceptors (Lipinski definition) is 18. The number of benzene rings is 1. The number of carbonyl (C=O) groups excluding carboxylic acids is 1. The molecule has 49 heavy (non-hydrogen) atoms. The summed E-state index contributed by atoms with van der Waals surface area (Å²) in [5.41, 5.74) is 0.269. The van der Waals surface area contributed by atoms with Gasteiger partial charge in [0.1, 0.15) is 84.5 Å². The maximum absolute atomic E-state index is 12.1. The van der Waals surface area contributed by atoms with E-state index in [0.29, 0.717) is 10.9 Å². The van der Waals surface area contributed by atoms with Gasteiger partial charge >= 0.3 is 5.63 Å². The lowest BCUT2D eigenvalue weighted by Crippen LogP contribution is -2.68. The molecule has 1 amide bonds. The molecule has 15 atom stereocenters. The number of nitrogens with one attached hydrogen (secondary N) is 1. The van der Waals surface area contributed by atoms with E-state index < -0.39 is 123 Å². The predicted molar refractivity (Wildman–Crippen MR) is 158 cm³/mol. The molecule has 3 fully saturated rings. The van der Waals surface area contributed by atoms with E-state index in [2.05, 4.69) is 5.32 Å². The Kier molecular flexibility index (Phi) is 11.9. The summed E-state index contributed by atoms with van der Waals surface area (Å²) in [6.45, 7) is 0.491. The van der Waals surface area contributed by atoms with Crippen molar-refractivity contribution in [2.24, 2.45) is 0 Å². The van der Waals surface area contributed by atoms with Crippen LogP contribution in [0.5, 0.6) is 5.75 Å². The molecule has 274 valence electrons. The van der Waals surface area contributed by atoms with Crippen LogP contribution < -0.4 is 15.7 Å². The maximum atomic E-state index is 12.1. The van der Waals surface area contributed by atoms with E-state index in [0.717, 1.165) is 6.92 Å². The van der Waals surface area contributed by atoms with Gasteiger partial charge in [0, 0.05) is 24.4 Å². The van der Waals surface area contributed by atoms with Gasteiger partial charge in [0.2, 0.25) is 12.2 Å². The molecule has 0 spiro atoms. The van der Waals surface area contributed by atoms with Crippen LogP contribution >= 0.6 is 0 Å². The van der Waals surface area contributed by atoms with Crippen LogP contribution in [0.15, 0.2) is 33.5 Å². The van der Waals surface area contributed by atoms with Crippen LogP contribution in [0.2, 0.25) is 0 Å². The zero-order valence-electron chi connectivity index (χ0n) is 26.3. The molecule has 19 nitrogen and oxygen atoms in total. The molecule has 4 heterocycles. The number of aliphatic hydroxyl groups is 9. The molecule has 3 aliphatic heterocycles. The number of aliphatic hydroxyl groups excluding tert-OH is 9. The van der Waals surface area contributed by atoms with Crippen molar-refractivity contribution in [2.75, 3.05) is 19.8 Å². The van der Waals surface area contributed by atoms with E-state index in [9.17, 15) is 55.5 Å². The summed E-state index contributed by atoms with van der Waals surface area (Å²) in [4.78, 5) is 24.0. The van der Waals surface area contributed by atoms with Crippen LogP contribution in [0.1, 0.15) is 12.5 Å². The van der Waals surface area contributed by atoms with E-state index in [1.165, 1.54) is 18.2 Å². The van der Waals surface area contributed by atoms with Crippen molar-refractivity contribution in [1.82, 2.24) is 5.32 Å². The third kappa shape index (κ3) is 7.75. The number of fused-ring (bicyclic) bond motifs is 1. The quantitative estimate of drug-likeness (QED) is 0.104. The monoisotopic (exact) mass is 703 g/mol. The molecule has 1 aromatic heterocycles. The predicted octanol–water partition coefficient (Wildman–Crippen LogP) is -4.93. The van der Waals surface area contributed by atoms with Gasteiger partial charge in [0.25, 0.3) is 0 Å². The fourth-order valence-electron chi connectivity index (χ4n) is 6.06. The lowest BCUT2D eigenvalue weighted by Gasteiger charge is -2.48. The van der Waals surface area contributed by atoms with Gasteiger partial charge in [-0.25, -0.2) is 4.79 Å². The molecule has 3 saturated heterocycles. The Hall–Kier alpha value is -2.86. The summed E-state index contributed by atoms with van der Waals surface area (Å²) in [5, 5.41) is 96.7. The third-order valence-electron chi connectivity index (χ3n) is 8.65. The van der Waals surface area contributed by atoms with Crippen molar-refractivity contribution in [3.8, 4) is 5.75 Å². The molecular weight excluding hydrogens is 662 g/mol. The zero-order chi connectivity index (χ0) is 35.7. The summed E-state index contributed by atoms with van der Waals surface area (Å²) in [7, 11) is 0. The summed E-state index contributed by atoms with van der Waals surface area (Å²) < 4.78 is 39.3. The Labute approximate surface area is 277 Å². The number of rotatable bonds is 10. The Morgan fingerprint density at radius 1 is 0.735 bits per heavy atom. The average molecular weight is 704 g/mol. The van der Waals surface area contributed by atoms with Crippen LogP contribution in [0.25, 0.3) is 11.0 Å². The molecule has 0 radical (unpaired) electrons. The minimum absolute atomic E-state index is 0.121. The van der Waals surface area contributed by atoms with E-state index in [1.54, 1.807) is 13.0 Å². The minimum Gasteiger partial charge on any atom is -0.462 e. The van der Waals surface area contributed by atoms with E-state index in [-0.39, 0.29) is 11.3 Å². The Balaban J connectivity index is 1.32. The van der Waals surface area contributed by atoms with Gasteiger partial charge < -0.3 is 84.1 Å². The van der Waals surface area contributed by atoms with Crippen molar-refractivity contribution in [1.29, 1.82) is 0 Å². The summed E-state index contributed by atoms with van der Waals surface area (Å²) in [5.74, 6) is -0.490. The highest BCUT2D eigenvalue weighted by Crippen LogP contribution is 2.33. The van der Waals surface area contributed by atoms with Crippen LogP contribution in [0, 0.1) is 6.92 Å². The van der Waals surface area contributed by atoms with Gasteiger partial charge in [0.05, 0.1) is 19.8 Å². The molecule has 1 aromatic carbocycles. The fraction of sp³-hybridized carbons (Fsp3) is 0.667. The van der Waals surface area contributed by atoms with Crippen LogP contribution in [0.4, 0.5) is 0 Å². The van der Waals surface area contributed by atoms with Crippen molar-refractivity contribution in [3.63, 3.8) is 0 Å². The summed E-state index contributed by atoms with van der Waals surface area (Å²) >= 11 is 0. The van der Waals surface area contributed by atoms with Gasteiger partial charge in [-0.2, -0.15) is 0 Å². The molecular formula is C30H41NO18. The highest BCUT2D eigenvalue weighted by atomic mass is 16.8. The zero-order valence-corrected chi connectivity index (χ0v) is 26.3. The Bertz CT molecular complexity index is 1490. The van der Waals surface area contributed by atoms with Gasteiger partial charge in [-0.05, 0) is 24.6 Å². The van der Waals surface area contributed by atoms with Crippen LogP contribution in [-0.4, -0.2) is 164 Å². The molecule has 3 aliphatic rings. The molecule has 0 saturated carbocycles. The average Bonchev–Trinajstić information content (AvgIpc) is 3.06. The first-order valence-corrected chi connectivity index (χ1v) is 15.4. The second kappa shape index (κ2) is 15.6. The molecule has 19 heteroatoms. The van der Waals surface area contributed by atoms with E-state index >= 15 is 0 Å². The van der Waals surface area contributed by atoms with Crippen molar-refractivity contribution in [3.05, 3.63) is 40.2 Å². The van der Waals surface area contributed by atoms with Gasteiger partial charge in [-0.3, -0.25) is 4.79 Å². The Morgan fingerprint density at radius 2 is 1.29 bits per heavy atom. The van der Waals surface area contributed by atoms with E-state index in [4.69, 9.17) is 32.8 Å². The highest BCUT2D eigenvalue weighted by Gasteiger charge is 2.54. The standard InChI is InChI=1S/C30H41NO18/c1-10-5-18(36)44-14-6-12(3-4-13(10)14)43-28-19(31-11(2)35)21(38)26(16(8-33)46-28)48-30-25(42)23(40)27(17(9-34)47-30)49-29-24(41)22(39)20(37)15(7-32)45-29/h3-6,15-17,19-30,32-34,37-42H,7-9H2,1-2H3,(H,31,35)/t15-,16-,17-,19-,20+,21-,22+,23-,24-,25-,26-,27+,28-,29+,30+/m1/s1. The molecule has 2 aromatic rings. The number of hydrogen-bond donors (Lipinski definition) is 10. The highest BCUT2D eigenvalue weighted by molar-refractivity contribution is 5.81. The second-order valence-corrected chi connectivity index (χ2v) is 12.1. The number of aryl methyl sites for hydroxylation is 1. The van der Waals surface area contributed by atoms with Crippen LogP contribution in [-0.2, 0) is 28.5 Å². The SMILES string of the molecule is CC(=O)N[C@H]1[C@H](Oc2ccc3c(C)cc(=O)oc3c2)O[C@H](CO)[C@@H](O[C@@H]2O[C@H](CO)[C@H](O[C@@H]3O[C@H](CO)[C@H](O)[C@H](O)[C@H]3O)[C@H](O)[C@H]2O)[C@@H]1O. The molecule has 0 aliphatic carbocycles. The lowest BCUT2D eigenvalue weighted by atomic mass is 9.95. The number of carbonyl (C=O) groups is 1. The topological polar surface area (TPSA) is 297 Å². The third-order valence-corrected chi connectivity index (χ3v) is 8.65. The first kappa shape index (κ1) is 37.4. The molecule has 10 N–H and O–H groups in total. The largest absolute Gasteiger partial charge is 0.462 e. The van der Waals surface area contributed by atoms with Crippen LogP contribution in [0.3, 0.4) is 0 Å². The molecule has 0 unspecified atom stereocenters. The first-order valence-electron chi connectivity index (χ1n) is 15.4. The minimum atomic E-state index is -1.96. The fourth-order valence-corrected chi connectivity index (χ4v) is 6.06. The Morgan fingerprint density at radius 3 is 1.88 bits per heavy atom. The number of amides is 1.